The van der Waals surface area contributed by atoms with Crippen molar-refractivity contribution >= 4 is 5.84 Å². The normalized spacial score (nSPS) is 11.3. The van der Waals surface area contributed by atoms with Crippen LogP contribution in [0.4, 0.5) is 13.2 Å². The van der Waals surface area contributed by atoms with E-state index in [1.165, 1.54) is 30.3 Å². The lowest BCUT2D eigenvalue weighted by Gasteiger charge is -2.11. The van der Waals surface area contributed by atoms with Gasteiger partial charge in [-0.3, -0.25) is 5.41 Å². The molecule has 0 fully saturated rings. The molecule has 0 atom stereocenters. The van der Waals surface area contributed by atoms with Gasteiger partial charge in [-0.15, -0.1) is 13.2 Å². The zero-order valence-electron chi connectivity index (χ0n) is 9.49. The van der Waals surface area contributed by atoms with E-state index in [9.17, 15) is 13.2 Å². The number of ether oxygens (including phenoxy) is 1. The first-order chi connectivity index (χ1) is 8.87. The highest BCUT2D eigenvalue weighted by molar-refractivity contribution is 5.92. The third kappa shape index (κ3) is 3.06. The number of benzene rings is 1. The van der Waals surface area contributed by atoms with Crippen molar-refractivity contribution in [1.82, 2.24) is 0 Å². The summed E-state index contributed by atoms with van der Waals surface area (Å²) in [7, 11) is 0. The third-order valence-electron chi connectivity index (χ3n) is 2.25. The number of halogens is 3. The molecule has 4 nitrogen and oxygen atoms in total. The van der Waals surface area contributed by atoms with Crippen molar-refractivity contribution in [3.8, 4) is 17.1 Å². The predicted molar refractivity (Wildman–Crippen MR) is 61.8 cm³/mol. The average Bonchev–Trinajstić information content (AvgIpc) is 2.76. The fourth-order valence-corrected chi connectivity index (χ4v) is 1.51. The van der Waals surface area contributed by atoms with Crippen molar-refractivity contribution < 1.29 is 22.3 Å². The maximum Gasteiger partial charge on any atom is 0.573 e. The quantitative estimate of drug-likeness (QED) is 0.664. The van der Waals surface area contributed by atoms with Gasteiger partial charge in [-0.2, -0.15) is 0 Å². The molecule has 0 saturated carbocycles. The Morgan fingerprint density at radius 2 is 1.84 bits per heavy atom. The van der Waals surface area contributed by atoms with Crippen LogP contribution in [0.15, 0.2) is 40.8 Å². The van der Waals surface area contributed by atoms with Gasteiger partial charge in [0.15, 0.2) is 11.6 Å². The van der Waals surface area contributed by atoms with Crippen LogP contribution in [0.25, 0.3) is 11.3 Å². The highest BCUT2D eigenvalue weighted by Crippen LogP contribution is 2.34. The fourth-order valence-electron chi connectivity index (χ4n) is 1.51. The maximum atomic E-state index is 12.3. The lowest BCUT2D eigenvalue weighted by Crippen LogP contribution is -2.17. The lowest BCUT2D eigenvalue weighted by molar-refractivity contribution is -0.274. The van der Waals surface area contributed by atoms with Crippen molar-refractivity contribution in [3.05, 3.63) is 42.2 Å². The van der Waals surface area contributed by atoms with Crippen molar-refractivity contribution in [2.75, 3.05) is 0 Å². The number of nitrogens with one attached hydrogen (secondary N) is 1. The van der Waals surface area contributed by atoms with E-state index >= 15 is 0 Å². The second kappa shape index (κ2) is 4.68. The number of para-hydroxylation sites is 1. The van der Waals surface area contributed by atoms with Crippen LogP contribution in [-0.2, 0) is 0 Å². The van der Waals surface area contributed by atoms with E-state index in [0.29, 0.717) is 0 Å². The van der Waals surface area contributed by atoms with Crippen LogP contribution in [0.3, 0.4) is 0 Å². The van der Waals surface area contributed by atoms with Gasteiger partial charge in [-0.05, 0) is 24.3 Å². The third-order valence-corrected chi connectivity index (χ3v) is 2.25. The van der Waals surface area contributed by atoms with Gasteiger partial charge in [-0.25, -0.2) is 0 Å². The summed E-state index contributed by atoms with van der Waals surface area (Å²) in [5.74, 6) is -0.457. The van der Waals surface area contributed by atoms with Crippen LogP contribution < -0.4 is 10.5 Å². The zero-order valence-corrected chi connectivity index (χ0v) is 9.49. The van der Waals surface area contributed by atoms with Gasteiger partial charge in [-0.1, -0.05) is 12.1 Å². The molecule has 0 aliphatic carbocycles. The molecule has 0 spiro atoms. The summed E-state index contributed by atoms with van der Waals surface area (Å²) in [4.78, 5) is 0. The Kier molecular flexibility index (Phi) is 3.20. The Hall–Kier alpha value is -2.44. The summed E-state index contributed by atoms with van der Waals surface area (Å²) in [6.45, 7) is 0. The molecule has 100 valence electrons. The number of nitrogen functional groups attached to an aromatic ring is 1. The van der Waals surface area contributed by atoms with Gasteiger partial charge in [0.2, 0.25) is 0 Å². The highest BCUT2D eigenvalue weighted by Gasteiger charge is 2.32. The number of furan rings is 1. The molecule has 0 bridgehead atoms. The molecular weight excluding hydrogens is 261 g/mol. The lowest BCUT2D eigenvalue weighted by atomic mass is 10.1. The monoisotopic (exact) mass is 270 g/mol. The molecule has 0 aliphatic heterocycles. The van der Waals surface area contributed by atoms with Crippen LogP contribution in [0.5, 0.6) is 5.75 Å². The molecule has 0 radical (unpaired) electrons. The standard InChI is InChI=1S/C12H9F3N2O2/c13-12(14,15)19-9-4-2-1-3-7(9)8-5-6-10(18-8)11(16)17/h1-6H,(H3,16,17). The Bertz CT molecular complexity index is 605. The summed E-state index contributed by atoms with van der Waals surface area (Å²) in [6, 6.07) is 8.40. The molecule has 7 heteroatoms. The largest absolute Gasteiger partial charge is 0.573 e. The first-order valence-corrected chi connectivity index (χ1v) is 5.16. The van der Waals surface area contributed by atoms with Gasteiger partial charge < -0.3 is 14.9 Å². The molecule has 1 aromatic carbocycles. The number of nitrogens with two attached hydrogens (primary N) is 1. The molecule has 2 rings (SSSR count). The highest BCUT2D eigenvalue weighted by atomic mass is 19.4. The maximum absolute atomic E-state index is 12.3. The number of amidine groups is 1. The van der Waals surface area contributed by atoms with Gasteiger partial charge in [0.25, 0.3) is 0 Å². The van der Waals surface area contributed by atoms with Crippen LogP contribution in [0, 0.1) is 5.41 Å². The van der Waals surface area contributed by atoms with Crippen molar-refractivity contribution in [2.24, 2.45) is 5.73 Å². The summed E-state index contributed by atoms with van der Waals surface area (Å²) < 4.78 is 45.9. The molecule has 1 heterocycles. The van der Waals surface area contributed by atoms with E-state index in [2.05, 4.69) is 4.74 Å². The minimum absolute atomic E-state index is 0.0804. The van der Waals surface area contributed by atoms with Crippen LogP contribution >= 0.6 is 0 Å². The van der Waals surface area contributed by atoms with E-state index < -0.39 is 6.36 Å². The van der Waals surface area contributed by atoms with Gasteiger partial charge in [0, 0.05) is 0 Å². The van der Waals surface area contributed by atoms with E-state index in [-0.39, 0.29) is 28.7 Å². The molecule has 0 aliphatic rings. The summed E-state index contributed by atoms with van der Waals surface area (Å²) >= 11 is 0. The molecule has 1 aromatic heterocycles. The fraction of sp³-hybridized carbons (Fsp3) is 0.0833. The predicted octanol–water partition coefficient (Wildman–Crippen LogP) is 3.13. The van der Waals surface area contributed by atoms with Crippen molar-refractivity contribution in [2.45, 2.75) is 6.36 Å². The van der Waals surface area contributed by atoms with Crippen LogP contribution in [-0.4, -0.2) is 12.2 Å². The van der Waals surface area contributed by atoms with Crippen LogP contribution in [0.1, 0.15) is 5.76 Å². The minimum Gasteiger partial charge on any atom is -0.453 e. The molecule has 0 unspecified atom stereocenters. The van der Waals surface area contributed by atoms with Crippen LogP contribution in [0.2, 0.25) is 0 Å². The average molecular weight is 270 g/mol. The molecule has 0 amide bonds. The van der Waals surface area contributed by atoms with Gasteiger partial charge >= 0.3 is 6.36 Å². The van der Waals surface area contributed by atoms with E-state index in [0.717, 1.165) is 0 Å². The van der Waals surface area contributed by atoms with E-state index in [1.54, 1.807) is 6.07 Å². The van der Waals surface area contributed by atoms with E-state index in [4.69, 9.17) is 15.6 Å². The Balaban J connectivity index is 2.41. The number of hydrogen-bond acceptors (Lipinski definition) is 3. The van der Waals surface area contributed by atoms with Crippen molar-refractivity contribution in [1.29, 1.82) is 5.41 Å². The van der Waals surface area contributed by atoms with Gasteiger partial charge in [0.05, 0.1) is 5.56 Å². The van der Waals surface area contributed by atoms with Crippen molar-refractivity contribution in [3.63, 3.8) is 0 Å². The Morgan fingerprint density at radius 1 is 1.16 bits per heavy atom. The summed E-state index contributed by atoms with van der Waals surface area (Å²) in [6.07, 6.45) is -4.79. The number of alkyl halides is 3. The van der Waals surface area contributed by atoms with E-state index in [1.807, 2.05) is 0 Å². The minimum atomic E-state index is -4.79. The molecule has 2 aromatic rings. The Morgan fingerprint density at radius 3 is 2.42 bits per heavy atom. The summed E-state index contributed by atoms with van der Waals surface area (Å²) in [5, 5.41) is 7.18. The smallest absolute Gasteiger partial charge is 0.453 e. The second-order valence-electron chi connectivity index (χ2n) is 3.62. The topological polar surface area (TPSA) is 72.2 Å². The first-order valence-electron chi connectivity index (χ1n) is 5.16. The molecule has 19 heavy (non-hydrogen) atoms. The molecular formula is C12H9F3N2O2. The number of hydrogen-bond donors (Lipinski definition) is 2. The Labute approximate surface area is 106 Å². The zero-order chi connectivity index (χ0) is 14.0. The van der Waals surface area contributed by atoms with Gasteiger partial charge in [0.1, 0.15) is 11.5 Å². The SMILES string of the molecule is N=C(N)c1ccc(-c2ccccc2OC(F)(F)F)o1. The number of rotatable bonds is 3. The molecule has 3 N–H and O–H groups in total. The summed E-state index contributed by atoms with van der Waals surface area (Å²) in [5.41, 5.74) is 5.36. The molecule has 0 saturated heterocycles. The first kappa shape index (κ1) is 13.0. The second-order valence-corrected chi connectivity index (χ2v) is 3.62.